The fourth-order valence-electron chi connectivity index (χ4n) is 3.16. The van der Waals surface area contributed by atoms with Gasteiger partial charge >= 0.3 is 5.97 Å². The molecule has 6 nitrogen and oxygen atoms in total. The average molecular weight is 333 g/mol. The number of ketones is 1. The Morgan fingerprint density at radius 1 is 1.38 bits per heavy atom. The normalized spacial score (nSPS) is 23.8. The molecule has 24 heavy (non-hydrogen) atoms. The van der Waals surface area contributed by atoms with E-state index in [0.29, 0.717) is 6.42 Å². The highest BCUT2D eigenvalue weighted by molar-refractivity contribution is 5.95. The lowest BCUT2D eigenvalue weighted by Gasteiger charge is -2.36. The highest BCUT2D eigenvalue weighted by Gasteiger charge is 2.42. The molecule has 2 rings (SSSR count). The summed E-state index contributed by atoms with van der Waals surface area (Å²) in [7, 11) is 0. The number of nitro benzene ring substituents is 1. The van der Waals surface area contributed by atoms with Crippen molar-refractivity contribution in [3.63, 3.8) is 0 Å². The zero-order valence-electron chi connectivity index (χ0n) is 14.1. The van der Waals surface area contributed by atoms with Crippen molar-refractivity contribution in [2.24, 2.45) is 5.41 Å². The van der Waals surface area contributed by atoms with Gasteiger partial charge in [-0.15, -0.1) is 0 Å². The second-order valence-electron chi connectivity index (χ2n) is 6.62. The molecule has 1 aliphatic rings. The molecular formula is C18H23NO5. The monoisotopic (exact) mass is 333 g/mol. The third-order valence-electron chi connectivity index (χ3n) is 4.73. The number of benzene rings is 1. The van der Waals surface area contributed by atoms with Crippen molar-refractivity contribution in [3.8, 4) is 0 Å². The van der Waals surface area contributed by atoms with Gasteiger partial charge in [0, 0.05) is 17.5 Å². The van der Waals surface area contributed by atoms with Gasteiger partial charge < -0.3 is 4.74 Å². The first kappa shape index (κ1) is 18.1. The predicted molar refractivity (Wildman–Crippen MR) is 88.8 cm³/mol. The van der Waals surface area contributed by atoms with Crippen molar-refractivity contribution in [3.05, 3.63) is 39.9 Å². The Kier molecular flexibility index (Phi) is 5.70. The smallest absolute Gasteiger partial charge is 0.338 e. The van der Waals surface area contributed by atoms with Crippen LogP contribution in [0.5, 0.6) is 0 Å². The van der Waals surface area contributed by atoms with Crippen molar-refractivity contribution < 1.29 is 19.2 Å². The summed E-state index contributed by atoms with van der Waals surface area (Å²) in [5, 5.41) is 10.6. The van der Waals surface area contributed by atoms with Gasteiger partial charge in [0.05, 0.1) is 10.5 Å². The quantitative estimate of drug-likeness (QED) is 0.445. The molecule has 1 aromatic carbocycles. The van der Waals surface area contributed by atoms with Gasteiger partial charge in [-0.25, -0.2) is 4.79 Å². The first-order valence-corrected chi connectivity index (χ1v) is 8.37. The van der Waals surface area contributed by atoms with Crippen LogP contribution >= 0.6 is 0 Å². The number of nitrogens with zero attached hydrogens (tertiary/aromatic N) is 1. The molecule has 0 radical (unpaired) electrons. The van der Waals surface area contributed by atoms with Crippen LogP contribution in [0.2, 0.25) is 0 Å². The molecule has 1 aliphatic carbocycles. The maximum Gasteiger partial charge on any atom is 0.338 e. The Morgan fingerprint density at radius 2 is 2.04 bits per heavy atom. The number of carbonyl (C=O) groups is 2. The van der Waals surface area contributed by atoms with Crippen molar-refractivity contribution in [1.82, 2.24) is 0 Å². The van der Waals surface area contributed by atoms with Crippen LogP contribution in [0, 0.1) is 15.5 Å². The molecule has 0 heterocycles. The standard InChI is InChI=1S/C18H23NO5/c1-3-4-11-18(2)12-5-6-15(16(18)20)24-17(21)13-7-9-14(10-8-13)19(22)23/h7-10,15H,3-6,11-12H2,1-2H3. The Bertz CT molecular complexity index is 625. The van der Waals surface area contributed by atoms with Gasteiger partial charge in [0.2, 0.25) is 0 Å². The van der Waals surface area contributed by atoms with E-state index in [1.807, 2.05) is 6.92 Å². The number of esters is 1. The first-order chi connectivity index (χ1) is 11.4. The SMILES string of the molecule is CCCCC1(C)CCCC(OC(=O)c2ccc([N+](=O)[O-])cc2)C1=O. The number of hydrogen-bond acceptors (Lipinski definition) is 5. The summed E-state index contributed by atoms with van der Waals surface area (Å²) >= 11 is 0. The topological polar surface area (TPSA) is 86.5 Å². The number of unbranched alkanes of at least 4 members (excludes halogenated alkanes) is 1. The number of Topliss-reactive ketones (excluding diaryl/α,β-unsaturated/α-hetero) is 1. The molecule has 2 unspecified atom stereocenters. The molecule has 1 fully saturated rings. The first-order valence-electron chi connectivity index (χ1n) is 8.37. The lowest BCUT2D eigenvalue weighted by molar-refractivity contribution is -0.384. The van der Waals surface area contributed by atoms with E-state index in [4.69, 9.17) is 4.74 Å². The molecule has 6 heteroatoms. The number of carbonyl (C=O) groups excluding carboxylic acids is 2. The maximum absolute atomic E-state index is 12.7. The van der Waals surface area contributed by atoms with E-state index in [-0.39, 0.29) is 17.0 Å². The molecule has 2 atom stereocenters. The predicted octanol–water partition coefficient (Wildman–Crippen LogP) is 4.07. The van der Waals surface area contributed by atoms with Crippen molar-refractivity contribution >= 4 is 17.4 Å². The van der Waals surface area contributed by atoms with Crippen molar-refractivity contribution in [1.29, 1.82) is 0 Å². The Balaban J connectivity index is 2.05. The van der Waals surface area contributed by atoms with E-state index in [2.05, 4.69) is 6.92 Å². The second-order valence-corrected chi connectivity index (χ2v) is 6.62. The fourth-order valence-corrected chi connectivity index (χ4v) is 3.16. The minimum atomic E-state index is -0.719. The van der Waals surface area contributed by atoms with Crippen LogP contribution in [0.15, 0.2) is 24.3 Å². The highest BCUT2D eigenvalue weighted by atomic mass is 16.6. The summed E-state index contributed by atoms with van der Waals surface area (Å²) in [4.78, 5) is 35.0. The highest BCUT2D eigenvalue weighted by Crippen LogP contribution is 2.38. The Hall–Kier alpha value is -2.24. The van der Waals surface area contributed by atoms with E-state index in [1.54, 1.807) is 0 Å². The van der Waals surface area contributed by atoms with Crippen LogP contribution in [0.4, 0.5) is 5.69 Å². The van der Waals surface area contributed by atoms with Crippen LogP contribution in [0.3, 0.4) is 0 Å². The second kappa shape index (κ2) is 7.55. The molecule has 0 spiro atoms. The van der Waals surface area contributed by atoms with E-state index in [0.717, 1.165) is 32.1 Å². The molecule has 1 saturated carbocycles. The molecular weight excluding hydrogens is 310 g/mol. The third kappa shape index (κ3) is 3.99. The minimum Gasteiger partial charge on any atom is -0.451 e. The molecule has 0 bridgehead atoms. The average Bonchev–Trinajstić information content (AvgIpc) is 2.57. The molecule has 0 aliphatic heterocycles. The van der Waals surface area contributed by atoms with Crippen LogP contribution in [0.25, 0.3) is 0 Å². The van der Waals surface area contributed by atoms with Gasteiger partial charge in [0.25, 0.3) is 5.69 Å². The van der Waals surface area contributed by atoms with Gasteiger partial charge in [-0.3, -0.25) is 14.9 Å². The molecule has 0 aromatic heterocycles. The van der Waals surface area contributed by atoms with Crippen LogP contribution in [0.1, 0.15) is 62.7 Å². The van der Waals surface area contributed by atoms with Crippen LogP contribution in [-0.4, -0.2) is 22.8 Å². The van der Waals surface area contributed by atoms with Crippen LogP contribution < -0.4 is 0 Å². The van der Waals surface area contributed by atoms with Gasteiger partial charge in [-0.2, -0.15) is 0 Å². The number of hydrogen-bond donors (Lipinski definition) is 0. The summed E-state index contributed by atoms with van der Waals surface area (Å²) in [6.45, 7) is 4.04. The van der Waals surface area contributed by atoms with Crippen molar-refractivity contribution in [2.45, 2.75) is 58.5 Å². The zero-order valence-corrected chi connectivity index (χ0v) is 14.1. The van der Waals surface area contributed by atoms with E-state index in [9.17, 15) is 19.7 Å². The summed E-state index contributed by atoms with van der Waals surface area (Å²) in [5.74, 6) is -0.611. The largest absolute Gasteiger partial charge is 0.451 e. The summed E-state index contributed by atoms with van der Waals surface area (Å²) in [6, 6.07) is 5.21. The maximum atomic E-state index is 12.7. The summed E-state index contributed by atoms with van der Waals surface area (Å²) in [5.41, 5.74) is -0.295. The Labute approximate surface area is 141 Å². The molecule has 1 aromatic rings. The van der Waals surface area contributed by atoms with E-state index in [1.165, 1.54) is 24.3 Å². The van der Waals surface area contributed by atoms with Crippen LogP contribution in [-0.2, 0) is 9.53 Å². The number of non-ortho nitro benzene ring substituents is 1. The number of ether oxygens (including phenoxy) is 1. The number of nitro groups is 1. The lowest BCUT2D eigenvalue weighted by atomic mass is 9.70. The minimum absolute atomic E-state index is 0.00235. The molecule has 0 N–H and O–H groups in total. The summed E-state index contributed by atoms with van der Waals surface area (Å²) < 4.78 is 5.41. The molecule has 0 amide bonds. The Morgan fingerprint density at radius 3 is 2.62 bits per heavy atom. The van der Waals surface area contributed by atoms with E-state index < -0.39 is 22.4 Å². The van der Waals surface area contributed by atoms with Gasteiger partial charge in [-0.05, 0) is 37.8 Å². The molecule has 0 saturated heterocycles. The van der Waals surface area contributed by atoms with E-state index >= 15 is 0 Å². The zero-order chi connectivity index (χ0) is 17.7. The van der Waals surface area contributed by atoms with Gasteiger partial charge in [0.1, 0.15) is 0 Å². The molecule has 130 valence electrons. The van der Waals surface area contributed by atoms with Crippen molar-refractivity contribution in [2.75, 3.05) is 0 Å². The van der Waals surface area contributed by atoms with Gasteiger partial charge in [0.15, 0.2) is 11.9 Å². The summed E-state index contributed by atoms with van der Waals surface area (Å²) in [6.07, 6.45) is 4.32. The fraction of sp³-hybridized carbons (Fsp3) is 0.556. The van der Waals surface area contributed by atoms with Gasteiger partial charge in [-0.1, -0.05) is 26.7 Å². The number of rotatable bonds is 6. The third-order valence-corrected chi connectivity index (χ3v) is 4.73. The lowest BCUT2D eigenvalue weighted by Crippen LogP contribution is -2.43.